The summed E-state index contributed by atoms with van der Waals surface area (Å²) < 4.78 is 0. The van der Waals surface area contributed by atoms with Crippen LogP contribution in [-0.2, 0) is 0 Å². The van der Waals surface area contributed by atoms with Gasteiger partial charge in [-0.15, -0.1) is 0 Å². The third kappa shape index (κ3) is 4.18. The summed E-state index contributed by atoms with van der Waals surface area (Å²) in [5, 5.41) is 0. The van der Waals surface area contributed by atoms with Gasteiger partial charge in [0.1, 0.15) is 0 Å². The maximum Gasteiger partial charge on any atom is 0.191 e. The lowest BCUT2D eigenvalue weighted by Gasteiger charge is -2.36. The van der Waals surface area contributed by atoms with Crippen LogP contribution in [-0.4, -0.2) is 30.5 Å². The van der Waals surface area contributed by atoms with Crippen LogP contribution in [0, 0.1) is 11.3 Å². The van der Waals surface area contributed by atoms with Crippen LogP contribution in [0.25, 0.3) is 0 Å². The molecule has 18 heavy (non-hydrogen) atoms. The minimum atomic E-state index is 0.290. The van der Waals surface area contributed by atoms with E-state index in [-0.39, 0.29) is 5.41 Å². The molecule has 0 saturated heterocycles. The molecule has 0 bridgehead atoms. The Morgan fingerprint density at radius 3 is 2.22 bits per heavy atom. The molecule has 1 aliphatic rings. The zero-order valence-corrected chi connectivity index (χ0v) is 12.7. The third-order valence-corrected chi connectivity index (χ3v) is 4.45. The van der Waals surface area contributed by atoms with E-state index in [1.165, 1.54) is 32.1 Å². The molecule has 0 aliphatic heterocycles. The van der Waals surface area contributed by atoms with E-state index < -0.39 is 0 Å². The maximum absolute atomic E-state index is 6.05. The molecule has 1 rings (SSSR count). The van der Waals surface area contributed by atoms with Crippen molar-refractivity contribution >= 4 is 5.96 Å². The molecule has 0 amide bonds. The molecule has 1 saturated carbocycles. The van der Waals surface area contributed by atoms with Crippen molar-refractivity contribution in [3.63, 3.8) is 0 Å². The summed E-state index contributed by atoms with van der Waals surface area (Å²) >= 11 is 0. The first kappa shape index (κ1) is 15.3. The van der Waals surface area contributed by atoms with Crippen molar-refractivity contribution in [1.82, 2.24) is 4.90 Å². The van der Waals surface area contributed by atoms with Crippen LogP contribution < -0.4 is 5.73 Å². The molecule has 0 spiro atoms. The molecule has 0 aromatic rings. The second-order valence-corrected chi connectivity index (χ2v) is 6.17. The van der Waals surface area contributed by atoms with Crippen molar-refractivity contribution in [2.24, 2.45) is 22.1 Å². The average Bonchev–Trinajstić information content (AvgIpc) is 2.39. The van der Waals surface area contributed by atoms with Gasteiger partial charge in [-0.3, -0.25) is 4.99 Å². The minimum absolute atomic E-state index is 0.290. The Morgan fingerprint density at radius 1 is 1.17 bits per heavy atom. The molecule has 0 heterocycles. The fourth-order valence-electron chi connectivity index (χ4n) is 2.95. The first-order chi connectivity index (χ1) is 8.51. The monoisotopic (exact) mass is 253 g/mol. The molecule has 106 valence electrons. The zero-order chi connectivity index (χ0) is 13.6. The van der Waals surface area contributed by atoms with Crippen LogP contribution in [0.15, 0.2) is 4.99 Å². The number of hydrogen-bond donors (Lipinski definition) is 1. The smallest absolute Gasteiger partial charge is 0.191 e. The SMILES string of the molecule is CCN(CC)C(N)=NCC(C)(C)C1CCCCC1. The molecular formula is C15H31N3. The summed E-state index contributed by atoms with van der Waals surface area (Å²) in [7, 11) is 0. The summed E-state index contributed by atoms with van der Waals surface area (Å²) in [4.78, 5) is 6.76. The summed E-state index contributed by atoms with van der Waals surface area (Å²) in [5.41, 5.74) is 6.34. The highest BCUT2D eigenvalue weighted by atomic mass is 15.2. The van der Waals surface area contributed by atoms with Crippen LogP contribution in [0.2, 0.25) is 0 Å². The van der Waals surface area contributed by atoms with Crippen LogP contribution in [0.5, 0.6) is 0 Å². The molecular weight excluding hydrogens is 222 g/mol. The largest absolute Gasteiger partial charge is 0.370 e. The fraction of sp³-hybridized carbons (Fsp3) is 0.933. The highest BCUT2D eigenvalue weighted by Crippen LogP contribution is 2.38. The number of nitrogens with two attached hydrogens (primary N) is 1. The lowest BCUT2D eigenvalue weighted by Crippen LogP contribution is -2.38. The van der Waals surface area contributed by atoms with Gasteiger partial charge >= 0.3 is 0 Å². The molecule has 1 fully saturated rings. The van der Waals surface area contributed by atoms with Gasteiger partial charge < -0.3 is 10.6 Å². The van der Waals surface area contributed by atoms with Crippen molar-refractivity contribution in [3.8, 4) is 0 Å². The number of aliphatic imine (C=N–C) groups is 1. The molecule has 0 aromatic heterocycles. The first-order valence-corrected chi connectivity index (χ1v) is 7.56. The van der Waals surface area contributed by atoms with Gasteiger partial charge in [0.05, 0.1) is 0 Å². The van der Waals surface area contributed by atoms with E-state index in [1.54, 1.807) is 0 Å². The van der Waals surface area contributed by atoms with Crippen LogP contribution in [0.4, 0.5) is 0 Å². The Labute approximate surface area is 113 Å². The standard InChI is InChI=1S/C15H31N3/c1-5-18(6-2)14(16)17-12-15(3,4)13-10-8-7-9-11-13/h13H,5-12H2,1-4H3,(H2,16,17). The highest BCUT2D eigenvalue weighted by Gasteiger charge is 2.30. The Bertz CT molecular complexity index is 261. The summed E-state index contributed by atoms with van der Waals surface area (Å²) in [6.07, 6.45) is 6.94. The predicted molar refractivity (Wildman–Crippen MR) is 79.8 cm³/mol. The Hall–Kier alpha value is -0.730. The van der Waals surface area contributed by atoms with Crippen LogP contribution in [0.1, 0.15) is 59.8 Å². The van der Waals surface area contributed by atoms with E-state index in [0.717, 1.165) is 25.6 Å². The number of guanidine groups is 1. The predicted octanol–water partition coefficient (Wildman–Crippen LogP) is 3.25. The summed E-state index contributed by atoms with van der Waals surface area (Å²) in [6, 6.07) is 0. The van der Waals surface area contributed by atoms with Gasteiger partial charge in [-0.25, -0.2) is 0 Å². The van der Waals surface area contributed by atoms with E-state index in [4.69, 9.17) is 5.73 Å². The van der Waals surface area contributed by atoms with Crippen LogP contribution in [0.3, 0.4) is 0 Å². The second kappa shape index (κ2) is 7.01. The summed E-state index contributed by atoms with van der Waals surface area (Å²) in [5.74, 6) is 1.53. The lowest BCUT2D eigenvalue weighted by atomic mass is 9.71. The summed E-state index contributed by atoms with van der Waals surface area (Å²) in [6.45, 7) is 11.7. The van der Waals surface area contributed by atoms with Crippen molar-refractivity contribution in [2.75, 3.05) is 19.6 Å². The first-order valence-electron chi connectivity index (χ1n) is 7.56. The van der Waals surface area contributed by atoms with E-state index >= 15 is 0 Å². The van der Waals surface area contributed by atoms with Gasteiger partial charge in [0, 0.05) is 19.6 Å². The van der Waals surface area contributed by atoms with Crippen molar-refractivity contribution < 1.29 is 0 Å². The van der Waals surface area contributed by atoms with Crippen molar-refractivity contribution in [1.29, 1.82) is 0 Å². The van der Waals surface area contributed by atoms with Crippen LogP contribution >= 0.6 is 0 Å². The van der Waals surface area contributed by atoms with Gasteiger partial charge in [-0.05, 0) is 38.0 Å². The normalized spacial score (nSPS) is 19.0. The fourth-order valence-corrected chi connectivity index (χ4v) is 2.95. The maximum atomic E-state index is 6.05. The average molecular weight is 253 g/mol. The Morgan fingerprint density at radius 2 is 1.72 bits per heavy atom. The van der Waals surface area contributed by atoms with Gasteiger partial charge in [0.15, 0.2) is 5.96 Å². The van der Waals surface area contributed by atoms with Gasteiger partial charge in [-0.1, -0.05) is 33.1 Å². The number of rotatable bonds is 5. The topological polar surface area (TPSA) is 41.6 Å². The van der Waals surface area contributed by atoms with E-state index in [9.17, 15) is 0 Å². The third-order valence-electron chi connectivity index (χ3n) is 4.45. The van der Waals surface area contributed by atoms with E-state index in [0.29, 0.717) is 5.96 Å². The molecule has 0 atom stereocenters. The van der Waals surface area contributed by atoms with Crippen molar-refractivity contribution in [2.45, 2.75) is 59.8 Å². The van der Waals surface area contributed by atoms with Crippen molar-refractivity contribution in [3.05, 3.63) is 0 Å². The zero-order valence-electron chi connectivity index (χ0n) is 12.7. The quantitative estimate of drug-likeness (QED) is 0.603. The lowest BCUT2D eigenvalue weighted by molar-refractivity contribution is 0.167. The molecule has 2 N–H and O–H groups in total. The molecule has 0 aromatic carbocycles. The number of nitrogens with zero attached hydrogens (tertiary/aromatic N) is 2. The molecule has 3 nitrogen and oxygen atoms in total. The molecule has 0 radical (unpaired) electrons. The van der Waals surface area contributed by atoms with E-state index in [2.05, 4.69) is 37.6 Å². The highest BCUT2D eigenvalue weighted by molar-refractivity contribution is 5.78. The molecule has 1 aliphatic carbocycles. The van der Waals surface area contributed by atoms with E-state index in [1.807, 2.05) is 0 Å². The number of hydrogen-bond acceptors (Lipinski definition) is 1. The second-order valence-electron chi connectivity index (χ2n) is 6.17. The van der Waals surface area contributed by atoms with Gasteiger partial charge in [-0.2, -0.15) is 0 Å². The Kier molecular flexibility index (Phi) is 5.97. The van der Waals surface area contributed by atoms with Gasteiger partial charge in [0.25, 0.3) is 0 Å². The minimum Gasteiger partial charge on any atom is -0.370 e. The Balaban J connectivity index is 2.56. The molecule has 0 unspecified atom stereocenters. The van der Waals surface area contributed by atoms with Gasteiger partial charge in [0.2, 0.25) is 0 Å². The molecule has 3 heteroatoms.